The molecule has 78 valence electrons. The van der Waals surface area contributed by atoms with E-state index in [1.807, 2.05) is 6.92 Å². The third kappa shape index (κ3) is 2.04. The minimum absolute atomic E-state index is 0.0694. The highest BCUT2D eigenvalue weighted by atomic mass is 16.1. The van der Waals surface area contributed by atoms with Crippen LogP contribution in [0.25, 0.3) is 0 Å². The van der Waals surface area contributed by atoms with E-state index in [9.17, 15) is 4.79 Å². The lowest BCUT2D eigenvalue weighted by Crippen LogP contribution is -2.21. The summed E-state index contributed by atoms with van der Waals surface area (Å²) >= 11 is 0. The lowest BCUT2D eigenvalue weighted by Gasteiger charge is -2.11. The van der Waals surface area contributed by atoms with Gasteiger partial charge in [-0.15, -0.1) is 0 Å². The number of nitrogens with zero attached hydrogens (tertiary/aromatic N) is 1. The molecule has 5 nitrogen and oxygen atoms in total. The number of hydrogen-bond acceptors (Lipinski definition) is 4. The maximum Gasteiger partial charge on any atom is 0.257 e. The Balaban J connectivity index is 3.14. The van der Waals surface area contributed by atoms with Gasteiger partial charge in [0.2, 0.25) is 5.95 Å². The van der Waals surface area contributed by atoms with E-state index < -0.39 is 0 Å². The number of aromatic nitrogens is 2. The Morgan fingerprint density at radius 3 is 2.64 bits per heavy atom. The van der Waals surface area contributed by atoms with Crippen molar-refractivity contribution in [3.05, 3.63) is 15.9 Å². The van der Waals surface area contributed by atoms with Crippen molar-refractivity contribution in [2.24, 2.45) is 0 Å². The SMILES string of the molecule is CCCC(C)c1c(N)nc(N)[nH]c1=O. The van der Waals surface area contributed by atoms with Crippen molar-refractivity contribution in [3.63, 3.8) is 0 Å². The van der Waals surface area contributed by atoms with Crippen molar-refractivity contribution < 1.29 is 0 Å². The van der Waals surface area contributed by atoms with Crippen LogP contribution in [0.4, 0.5) is 11.8 Å². The molecule has 0 aliphatic heterocycles. The van der Waals surface area contributed by atoms with Gasteiger partial charge in [-0.05, 0) is 12.3 Å². The molecule has 1 aromatic heterocycles. The monoisotopic (exact) mass is 196 g/mol. The van der Waals surface area contributed by atoms with Crippen LogP contribution >= 0.6 is 0 Å². The zero-order chi connectivity index (χ0) is 10.7. The molecule has 1 atom stereocenters. The molecule has 5 heteroatoms. The predicted octanol–water partition coefficient (Wildman–Crippen LogP) is 0.838. The van der Waals surface area contributed by atoms with Crippen molar-refractivity contribution in [1.29, 1.82) is 0 Å². The first kappa shape index (κ1) is 10.6. The summed E-state index contributed by atoms with van der Waals surface area (Å²) in [6.07, 6.45) is 1.92. The van der Waals surface area contributed by atoms with E-state index in [0.29, 0.717) is 5.56 Å². The van der Waals surface area contributed by atoms with Gasteiger partial charge in [-0.2, -0.15) is 4.98 Å². The molecule has 1 heterocycles. The lowest BCUT2D eigenvalue weighted by atomic mass is 9.98. The topological polar surface area (TPSA) is 97.8 Å². The average molecular weight is 196 g/mol. The summed E-state index contributed by atoms with van der Waals surface area (Å²) in [6, 6.07) is 0. The smallest absolute Gasteiger partial charge is 0.257 e. The second-order valence-corrected chi connectivity index (χ2v) is 3.44. The van der Waals surface area contributed by atoms with Crippen molar-refractivity contribution >= 4 is 11.8 Å². The van der Waals surface area contributed by atoms with Gasteiger partial charge < -0.3 is 11.5 Å². The van der Waals surface area contributed by atoms with E-state index in [2.05, 4.69) is 16.9 Å². The zero-order valence-corrected chi connectivity index (χ0v) is 8.50. The van der Waals surface area contributed by atoms with E-state index >= 15 is 0 Å². The molecule has 0 aliphatic rings. The summed E-state index contributed by atoms with van der Waals surface area (Å²) in [5.74, 6) is 0.434. The number of aromatic amines is 1. The minimum atomic E-state index is -0.226. The number of hydrogen-bond donors (Lipinski definition) is 3. The van der Waals surface area contributed by atoms with Gasteiger partial charge in [0.05, 0.1) is 5.56 Å². The van der Waals surface area contributed by atoms with Crippen molar-refractivity contribution in [2.45, 2.75) is 32.6 Å². The quantitative estimate of drug-likeness (QED) is 0.667. The highest BCUT2D eigenvalue weighted by Gasteiger charge is 2.14. The fourth-order valence-corrected chi connectivity index (χ4v) is 1.57. The Labute approximate surface area is 82.5 Å². The molecule has 0 saturated carbocycles. The van der Waals surface area contributed by atoms with Crippen LogP contribution in [-0.2, 0) is 0 Å². The van der Waals surface area contributed by atoms with E-state index in [0.717, 1.165) is 12.8 Å². The van der Waals surface area contributed by atoms with Crippen molar-refractivity contribution in [3.8, 4) is 0 Å². The van der Waals surface area contributed by atoms with E-state index in [-0.39, 0.29) is 23.2 Å². The third-order valence-electron chi connectivity index (χ3n) is 2.22. The fourth-order valence-electron chi connectivity index (χ4n) is 1.57. The van der Waals surface area contributed by atoms with Gasteiger partial charge in [0.1, 0.15) is 5.82 Å². The molecule has 1 unspecified atom stereocenters. The van der Waals surface area contributed by atoms with Gasteiger partial charge in [-0.1, -0.05) is 20.3 Å². The highest BCUT2D eigenvalue weighted by molar-refractivity contribution is 5.43. The average Bonchev–Trinajstić information content (AvgIpc) is 2.01. The number of nitrogens with two attached hydrogens (primary N) is 2. The first-order valence-electron chi connectivity index (χ1n) is 4.71. The van der Waals surface area contributed by atoms with Crippen molar-refractivity contribution in [1.82, 2.24) is 9.97 Å². The number of anilines is 2. The van der Waals surface area contributed by atoms with E-state index in [4.69, 9.17) is 11.5 Å². The maximum absolute atomic E-state index is 11.5. The molecule has 0 saturated heterocycles. The van der Waals surface area contributed by atoms with E-state index in [1.54, 1.807) is 0 Å². The molecular weight excluding hydrogens is 180 g/mol. The van der Waals surface area contributed by atoms with Crippen LogP contribution < -0.4 is 17.0 Å². The van der Waals surface area contributed by atoms with Gasteiger partial charge >= 0.3 is 0 Å². The largest absolute Gasteiger partial charge is 0.383 e. The van der Waals surface area contributed by atoms with Crippen molar-refractivity contribution in [2.75, 3.05) is 11.5 Å². The fraction of sp³-hybridized carbons (Fsp3) is 0.556. The van der Waals surface area contributed by atoms with Crippen LogP contribution in [0.1, 0.15) is 38.2 Å². The van der Waals surface area contributed by atoms with Gasteiger partial charge in [-0.25, -0.2) is 0 Å². The first-order valence-corrected chi connectivity index (χ1v) is 4.71. The number of nitrogen functional groups attached to an aromatic ring is 2. The molecule has 1 rings (SSSR count). The molecule has 0 bridgehead atoms. The molecule has 0 fully saturated rings. The molecule has 1 aromatic rings. The van der Waals surface area contributed by atoms with Crippen LogP contribution in [0.2, 0.25) is 0 Å². The Hall–Kier alpha value is -1.52. The lowest BCUT2D eigenvalue weighted by molar-refractivity contribution is 0.657. The normalized spacial score (nSPS) is 12.7. The number of nitrogens with one attached hydrogen (secondary N) is 1. The minimum Gasteiger partial charge on any atom is -0.383 e. The van der Waals surface area contributed by atoms with Gasteiger partial charge in [-0.3, -0.25) is 9.78 Å². The van der Waals surface area contributed by atoms with Crippen LogP contribution in [0.15, 0.2) is 4.79 Å². The van der Waals surface area contributed by atoms with Gasteiger partial charge in [0.15, 0.2) is 0 Å². The summed E-state index contributed by atoms with van der Waals surface area (Å²) in [5.41, 5.74) is 11.3. The standard InChI is InChI=1S/C9H16N4O/c1-3-4-5(2)6-7(10)12-9(11)13-8(6)14/h5H,3-4H2,1-2H3,(H5,10,11,12,13,14). The second-order valence-electron chi connectivity index (χ2n) is 3.44. The molecule has 14 heavy (non-hydrogen) atoms. The summed E-state index contributed by atoms with van der Waals surface area (Å²) in [5, 5.41) is 0. The summed E-state index contributed by atoms with van der Waals surface area (Å²) in [6.45, 7) is 4.02. The van der Waals surface area contributed by atoms with Crippen LogP contribution in [0.5, 0.6) is 0 Å². The Morgan fingerprint density at radius 1 is 1.50 bits per heavy atom. The van der Waals surface area contributed by atoms with Gasteiger partial charge in [0, 0.05) is 0 Å². The Kier molecular flexibility index (Phi) is 3.11. The molecule has 0 aliphatic carbocycles. The molecule has 0 radical (unpaired) electrons. The Bertz CT molecular complexity index is 372. The summed E-state index contributed by atoms with van der Waals surface area (Å²) in [4.78, 5) is 17.8. The maximum atomic E-state index is 11.5. The van der Waals surface area contributed by atoms with Crippen LogP contribution in [0.3, 0.4) is 0 Å². The van der Waals surface area contributed by atoms with E-state index in [1.165, 1.54) is 0 Å². The number of H-pyrrole nitrogens is 1. The van der Waals surface area contributed by atoms with Gasteiger partial charge in [0.25, 0.3) is 5.56 Å². The molecule has 5 N–H and O–H groups in total. The van der Waals surface area contributed by atoms with Crippen LogP contribution in [-0.4, -0.2) is 9.97 Å². The molecule has 0 amide bonds. The third-order valence-corrected chi connectivity index (χ3v) is 2.22. The Morgan fingerprint density at radius 2 is 2.14 bits per heavy atom. The second kappa shape index (κ2) is 4.13. The zero-order valence-electron chi connectivity index (χ0n) is 8.50. The summed E-state index contributed by atoms with van der Waals surface area (Å²) in [7, 11) is 0. The van der Waals surface area contributed by atoms with Crippen LogP contribution in [0, 0.1) is 0 Å². The number of rotatable bonds is 3. The summed E-state index contributed by atoms with van der Waals surface area (Å²) < 4.78 is 0. The predicted molar refractivity (Wildman–Crippen MR) is 57.0 cm³/mol. The highest BCUT2D eigenvalue weighted by Crippen LogP contribution is 2.20. The molecule has 0 spiro atoms. The molecule has 0 aromatic carbocycles. The first-order chi connectivity index (χ1) is 6.56. The molecular formula is C9H16N4O.